The fourth-order valence-electron chi connectivity index (χ4n) is 5.39. The maximum atomic E-state index is 13.8. The van der Waals surface area contributed by atoms with Gasteiger partial charge in [-0.1, -0.05) is 93.1 Å². The van der Waals surface area contributed by atoms with Crippen LogP contribution in [0.15, 0.2) is 60.7 Å². The first-order valence-electron chi connectivity index (χ1n) is 12.3. The Morgan fingerprint density at radius 3 is 2.22 bits per heavy atom. The van der Waals surface area contributed by atoms with Crippen LogP contribution in [0.4, 0.5) is 10.6 Å². The number of nitrogens with zero attached hydrogens (tertiary/aromatic N) is 2. The third-order valence-electron chi connectivity index (χ3n) is 7.11. The van der Waals surface area contributed by atoms with E-state index in [-0.39, 0.29) is 18.1 Å². The molecule has 2 aliphatic rings. The largest absolute Gasteiger partial charge is 0.335 e. The SMILES string of the molecule is O=C(NC1CCCCC1)N(c1nc(-c2ccccc2)cc2ccccc12)C1CCCCC1. The van der Waals surface area contributed by atoms with Gasteiger partial charge in [-0.2, -0.15) is 0 Å². The summed E-state index contributed by atoms with van der Waals surface area (Å²) in [5, 5.41) is 5.57. The van der Waals surface area contributed by atoms with E-state index in [2.05, 4.69) is 41.7 Å². The zero-order chi connectivity index (χ0) is 21.8. The van der Waals surface area contributed by atoms with Crippen LogP contribution in [0.1, 0.15) is 64.2 Å². The van der Waals surface area contributed by atoms with E-state index in [9.17, 15) is 4.79 Å². The third-order valence-corrected chi connectivity index (χ3v) is 7.11. The number of urea groups is 1. The van der Waals surface area contributed by atoms with Gasteiger partial charge in [-0.05, 0) is 37.1 Å². The monoisotopic (exact) mass is 427 g/mol. The second kappa shape index (κ2) is 9.72. The first kappa shape index (κ1) is 21.0. The Labute approximate surface area is 191 Å². The van der Waals surface area contributed by atoms with Crippen LogP contribution in [-0.4, -0.2) is 23.1 Å². The first-order chi connectivity index (χ1) is 15.8. The average molecular weight is 428 g/mol. The Balaban J connectivity index is 1.59. The van der Waals surface area contributed by atoms with Crippen LogP contribution in [0.25, 0.3) is 22.0 Å². The number of amides is 2. The number of nitrogens with one attached hydrogen (secondary N) is 1. The molecular weight excluding hydrogens is 394 g/mol. The molecule has 2 aromatic carbocycles. The highest BCUT2D eigenvalue weighted by atomic mass is 16.2. The molecule has 0 saturated heterocycles. The fraction of sp³-hybridized carbons (Fsp3) is 0.429. The molecule has 4 heteroatoms. The number of pyridine rings is 1. The molecule has 2 aliphatic carbocycles. The van der Waals surface area contributed by atoms with E-state index in [4.69, 9.17) is 4.98 Å². The van der Waals surface area contributed by atoms with Crippen LogP contribution < -0.4 is 10.2 Å². The minimum atomic E-state index is 0.0339. The predicted molar refractivity (Wildman–Crippen MR) is 132 cm³/mol. The summed E-state index contributed by atoms with van der Waals surface area (Å²) in [6.45, 7) is 0. The van der Waals surface area contributed by atoms with E-state index in [1.54, 1.807) is 0 Å². The molecule has 0 atom stereocenters. The maximum absolute atomic E-state index is 13.8. The van der Waals surface area contributed by atoms with Gasteiger partial charge in [0.05, 0.1) is 5.69 Å². The molecule has 3 aromatic rings. The topological polar surface area (TPSA) is 45.2 Å². The summed E-state index contributed by atoms with van der Waals surface area (Å²) < 4.78 is 0. The van der Waals surface area contributed by atoms with Crippen molar-refractivity contribution in [1.82, 2.24) is 10.3 Å². The highest BCUT2D eigenvalue weighted by Gasteiger charge is 2.31. The van der Waals surface area contributed by atoms with E-state index >= 15 is 0 Å². The second-order valence-corrected chi connectivity index (χ2v) is 9.36. The molecule has 4 nitrogen and oxygen atoms in total. The molecule has 5 rings (SSSR count). The zero-order valence-electron chi connectivity index (χ0n) is 18.8. The molecule has 2 fully saturated rings. The molecule has 2 amide bonds. The lowest BCUT2D eigenvalue weighted by Gasteiger charge is -2.36. The van der Waals surface area contributed by atoms with Crippen molar-refractivity contribution in [2.24, 2.45) is 0 Å². The lowest BCUT2D eigenvalue weighted by molar-refractivity contribution is 0.233. The molecule has 1 aromatic heterocycles. The van der Waals surface area contributed by atoms with Gasteiger partial charge in [0, 0.05) is 23.0 Å². The van der Waals surface area contributed by atoms with Crippen LogP contribution in [0, 0.1) is 0 Å². The number of benzene rings is 2. The minimum Gasteiger partial charge on any atom is -0.335 e. The summed E-state index contributed by atoms with van der Waals surface area (Å²) in [5.41, 5.74) is 2.00. The van der Waals surface area contributed by atoms with E-state index in [1.165, 1.54) is 38.5 Å². The van der Waals surface area contributed by atoms with E-state index in [0.29, 0.717) is 0 Å². The molecule has 1 heterocycles. The van der Waals surface area contributed by atoms with Crippen LogP contribution in [0.2, 0.25) is 0 Å². The average Bonchev–Trinajstić information content (AvgIpc) is 2.86. The number of aromatic nitrogens is 1. The van der Waals surface area contributed by atoms with Crippen molar-refractivity contribution in [3.63, 3.8) is 0 Å². The molecule has 1 N–H and O–H groups in total. The summed E-state index contributed by atoms with van der Waals surface area (Å²) in [7, 11) is 0. The quantitative estimate of drug-likeness (QED) is 0.483. The second-order valence-electron chi connectivity index (χ2n) is 9.36. The summed E-state index contributed by atoms with van der Waals surface area (Å²) in [6.07, 6.45) is 11.6. The molecule has 0 radical (unpaired) electrons. The Morgan fingerprint density at radius 2 is 1.47 bits per heavy atom. The predicted octanol–water partition coefficient (Wildman–Crippen LogP) is 7.08. The van der Waals surface area contributed by atoms with Crippen LogP contribution >= 0.6 is 0 Å². The molecule has 0 bridgehead atoms. The minimum absolute atomic E-state index is 0.0339. The molecule has 0 spiro atoms. The molecule has 0 aliphatic heterocycles. The highest BCUT2D eigenvalue weighted by molar-refractivity contribution is 6.03. The molecule has 32 heavy (non-hydrogen) atoms. The van der Waals surface area contributed by atoms with Crippen molar-refractivity contribution in [3.05, 3.63) is 60.7 Å². The summed E-state index contributed by atoms with van der Waals surface area (Å²) in [5.74, 6) is 0.808. The smallest absolute Gasteiger partial charge is 0.323 e. The number of hydrogen-bond acceptors (Lipinski definition) is 2. The van der Waals surface area contributed by atoms with Gasteiger partial charge in [-0.3, -0.25) is 4.90 Å². The molecule has 0 unspecified atom stereocenters. The van der Waals surface area contributed by atoms with Crippen molar-refractivity contribution in [1.29, 1.82) is 0 Å². The summed E-state index contributed by atoms with van der Waals surface area (Å²) in [4.78, 5) is 20.9. The van der Waals surface area contributed by atoms with Crippen molar-refractivity contribution in [2.45, 2.75) is 76.3 Å². The number of hydrogen-bond donors (Lipinski definition) is 1. The van der Waals surface area contributed by atoms with Gasteiger partial charge in [-0.15, -0.1) is 0 Å². The Bertz CT molecular complexity index is 1050. The van der Waals surface area contributed by atoms with Crippen molar-refractivity contribution in [3.8, 4) is 11.3 Å². The summed E-state index contributed by atoms with van der Waals surface area (Å²) >= 11 is 0. The molecule has 166 valence electrons. The Kier molecular flexibility index (Phi) is 6.38. The third kappa shape index (κ3) is 4.50. The van der Waals surface area contributed by atoms with Crippen LogP contribution in [0.5, 0.6) is 0 Å². The zero-order valence-corrected chi connectivity index (χ0v) is 18.8. The number of rotatable bonds is 4. The number of anilines is 1. The van der Waals surface area contributed by atoms with Crippen LogP contribution in [0.3, 0.4) is 0 Å². The first-order valence-corrected chi connectivity index (χ1v) is 12.3. The van der Waals surface area contributed by atoms with Gasteiger partial charge < -0.3 is 5.32 Å². The van der Waals surface area contributed by atoms with Crippen molar-refractivity contribution >= 4 is 22.6 Å². The maximum Gasteiger partial charge on any atom is 0.323 e. The molecule has 2 saturated carbocycles. The van der Waals surface area contributed by atoms with E-state index in [0.717, 1.165) is 53.5 Å². The van der Waals surface area contributed by atoms with E-state index < -0.39 is 0 Å². The van der Waals surface area contributed by atoms with Gasteiger partial charge >= 0.3 is 6.03 Å². The van der Waals surface area contributed by atoms with Crippen molar-refractivity contribution < 1.29 is 4.79 Å². The van der Waals surface area contributed by atoms with Gasteiger partial charge in [0.15, 0.2) is 0 Å². The van der Waals surface area contributed by atoms with Crippen molar-refractivity contribution in [2.75, 3.05) is 4.90 Å². The van der Waals surface area contributed by atoms with Gasteiger partial charge in [0.1, 0.15) is 5.82 Å². The standard InChI is InChI=1S/C28H33N3O/c32-28(29-23-15-6-2-7-16-23)31(24-17-8-3-9-18-24)27-25-19-11-10-14-22(25)20-26(30-27)21-12-4-1-5-13-21/h1,4-5,10-14,19-20,23-24H,2-3,6-9,15-18H2,(H,29,32). The Morgan fingerprint density at radius 1 is 0.812 bits per heavy atom. The number of fused-ring (bicyclic) bond motifs is 1. The van der Waals surface area contributed by atoms with Gasteiger partial charge in [-0.25, -0.2) is 9.78 Å². The van der Waals surface area contributed by atoms with Gasteiger partial charge in [0.25, 0.3) is 0 Å². The number of carbonyl (C=O) groups excluding carboxylic acids is 1. The highest BCUT2D eigenvalue weighted by Crippen LogP contribution is 2.34. The van der Waals surface area contributed by atoms with Crippen LogP contribution in [-0.2, 0) is 0 Å². The normalized spacial score (nSPS) is 17.9. The van der Waals surface area contributed by atoms with Gasteiger partial charge in [0.2, 0.25) is 0 Å². The Hall–Kier alpha value is -2.88. The molecular formula is C28H33N3O. The van der Waals surface area contributed by atoms with E-state index in [1.807, 2.05) is 29.2 Å². The summed E-state index contributed by atoms with van der Waals surface area (Å²) in [6, 6.07) is 21.3. The lowest BCUT2D eigenvalue weighted by Crippen LogP contribution is -2.51. The fourth-order valence-corrected chi connectivity index (χ4v) is 5.39. The lowest BCUT2D eigenvalue weighted by atomic mass is 9.93. The number of carbonyl (C=O) groups is 1.